The molecule has 2 unspecified atom stereocenters. The van der Waals surface area contributed by atoms with E-state index in [1.54, 1.807) is 0 Å². The Morgan fingerprint density at radius 2 is 2.10 bits per heavy atom. The van der Waals surface area contributed by atoms with E-state index in [2.05, 4.69) is 32.7 Å². The predicted octanol–water partition coefficient (Wildman–Crippen LogP) is 1.75. The number of nitrogens with zero attached hydrogens (tertiary/aromatic N) is 3. The average molecular weight is 269 g/mol. The van der Waals surface area contributed by atoms with Crippen LogP contribution in [0.5, 0.6) is 0 Å². The summed E-state index contributed by atoms with van der Waals surface area (Å²) in [6.45, 7) is 2.81. The van der Waals surface area contributed by atoms with Crippen molar-refractivity contribution < 1.29 is 5.11 Å². The number of rotatable bonds is 1. The fourth-order valence-electron chi connectivity index (χ4n) is 3.58. The minimum Gasteiger partial charge on any atom is -0.387 e. The summed E-state index contributed by atoms with van der Waals surface area (Å²) >= 11 is 0. The second-order valence-electron chi connectivity index (χ2n) is 5.76. The van der Waals surface area contributed by atoms with Crippen molar-refractivity contribution in [2.45, 2.75) is 38.1 Å². The summed E-state index contributed by atoms with van der Waals surface area (Å²) in [6, 6.07) is 8.50. The molecule has 1 N–H and O–H groups in total. The number of fused-ring (bicyclic) bond motifs is 2. The molecule has 0 bridgehead atoms. The van der Waals surface area contributed by atoms with Gasteiger partial charge >= 0.3 is 0 Å². The Kier molecular flexibility index (Phi) is 2.86. The quantitative estimate of drug-likeness (QED) is 0.857. The number of aryl methyl sites for hydroxylation is 1. The number of aliphatic hydroxyl groups is 1. The van der Waals surface area contributed by atoms with Crippen molar-refractivity contribution >= 4 is 0 Å². The number of benzene rings is 1. The van der Waals surface area contributed by atoms with E-state index in [0.717, 1.165) is 43.9 Å². The zero-order valence-corrected chi connectivity index (χ0v) is 11.4. The topological polar surface area (TPSA) is 41.3 Å². The van der Waals surface area contributed by atoms with Crippen LogP contribution < -0.4 is 0 Å². The predicted molar refractivity (Wildman–Crippen MR) is 76.1 cm³/mol. The molecule has 4 heteroatoms. The van der Waals surface area contributed by atoms with E-state index in [1.165, 1.54) is 5.56 Å². The molecule has 0 amide bonds. The summed E-state index contributed by atoms with van der Waals surface area (Å²) in [5, 5.41) is 10.7. The van der Waals surface area contributed by atoms with Gasteiger partial charge in [-0.2, -0.15) is 0 Å². The molecule has 0 saturated heterocycles. The molecule has 2 aliphatic rings. The molecule has 0 radical (unpaired) electrons. The van der Waals surface area contributed by atoms with E-state index >= 15 is 0 Å². The zero-order chi connectivity index (χ0) is 13.5. The number of hydrogen-bond acceptors (Lipinski definition) is 3. The van der Waals surface area contributed by atoms with Gasteiger partial charge in [-0.15, -0.1) is 0 Å². The van der Waals surface area contributed by atoms with Gasteiger partial charge in [0.2, 0.25) is 0 Å². The Morgan fingerprint density at radius 3 is 3.05 bits per heavy atom. The lowest BCUT2D eigenvalue weighted by atomic mass is 9.85. The third-order valence-electron chi connectivity index (χ3n) is 4.69. The molecular weight excluding hydrogens is 250 g/mol. The highest BCUT2D eigenvalue weighted by atomic mass is 16.3. The Morgan fingerprint density at radius 1 is 1.20 bits per heavy atom. The monoisotopic (exact) mass is 269 g/mol. The van der Waals surface area contributed by atoms with Gasteiger partial charge < -0.3 is 9.67 Å². The van der Waals surface area contributed by atoms with Crippen LogP contribution in [0.25, 0.3) is 0 Å². The second-order valence-corrected chi connectivity index (χ2v) is 5.76. The number of imidazole rings is 1. The van der Waals surface area contributed by atoms with E-state index in [0.29, 0.717) is 0 Å². The van der Waals surface area contributed by atoms with Gasteiger partial charge in [-0.3, -0.25) is 4.90 Å². The van der Waals surface area contributed by atoms with E-state index in [4.69, 9.17) is 0 Å². The van der Waals surface area contributed by atoms with Gasteiger partial charge in [0.05, 0.1) is 12.6 Å². The van der Waals surface area contributed by atoms with Gasteiger partial charge in [-0.25, -0.2) is 4.98 Å². The average Bonchev–Trinajstić information content (AvgIpc) is 2.95. The van der Waals surface area contributed by atoms with Gasteiger partial charge in [0.15, 0.2) is 0 Å². The zero-order valence-electron chi connectivity index (χ0n) is 11.4. The molecule has 0 spiro atoms. The maximum atomic E-state index is 10.7. The Balaban J connectivity index is 1.59. The van der Waals surface area contributed by atoms with Crippen LogP contribution in [-0.4, -0.2) is 32.1 Å². The van der Waals surface area contributed by atoms with E-state index in [1.807, 2.05) is 18.5 Å². The lowest BCUT2D eigenvalue weighted by Gasteiger charge is -2.40. The van der Waals surface area contributed by atoms with Crippen molar-refractivity contribution in [1.82, 2.24) is 14.5 Å². The van der Waals surface area contributed by atoms with Crippen molar-refractivity contribution in [1.29, 1.82) is 0 Å². The van der Waals surface area contributed by atoms with Crippen LogP contribution in [0, 0.1) is 0 Å². The normalized spacial score (nSPS) is 26.1. The summed E-state index contributed by atoms with van der Waals surface area (Å²) in [5.74, 6) is 1.11. The van der Waals surface area contributed by atoms with Crippen LogP contribution >= 0.6 is 0 Å². The van der Waals surface area contributed by atoms with Crippen molar-refractivity contribution in [3.05, 3.63) is 53.6 Å². The lowest BCUT2D eigenvalue weighted by Crippen LogP contribution is -2.46. The first-order chi connectivity index (χ1) is 9.83. The second kappa shape index (κ2) is 4.72. The molecule has 20 heavy (non-hydrogen) atoms. The number of aromatic nitrogens is 2. The molecular formula is C16H19N3O. The molecule has 1 aromatic heterocycles. The standard InChI is InChI=1S/C16H19N3O/c20-16-13-4-2-1-3-12(13)5-6-14(16)19-10-9-18-8-7-17-15(18)11-19/h1-4,7-8,14,16,20H,5-6,9-11H2. The van der Waals surface area contributed by atoms with Crippen LogP contribution in [0.15, 0.2) is 36.7 Å². The summed E-state index contributed by atoms with van der Waals surface area (Å²) < 4.78 is 2.21. The van der Waals surface area contributed by atoms with Gasteiger partial charge in [0, 0.05) is 31.5 Å². The molecule has 0 fully saturated rings. The Hall–Kier alpha value is -1.65. The third kappa shape index (κ3) is 1.87. The maximum Gasteiger partial charge on any atom is 0.122 e. The lowest BCUT2D eigenvalue weighted by molar-refractivity contribution is 0.0208. The summed E-state index contributed by atoms with van der Waals surface area (Å²) in [5.41, 5.74) is 2.41. The Labute approximate surface area is 118 Å². The minimum absolute atomic E-state index is 0.218. The fraction of sp³-hybridized carbons (Fsp3) is 0.438. The van der Waals surface area contributed by atoms with Crippen LogP contribution in [0.3, 0.4) is 0 Å². The molecule has 4 nitrogen and oxygen atoms in total. The van der Waals surface area contributed by atoms with Crippen LogP contribution in [-0.2, 0) is 19.5 Å². The highest BCUT2D eigenvalue weighted by Crippen LogP contribution is 2.34. The van der Waals surface area contributed by atoms with Gasteiger partial charge in [-0.05, 0) is 24.0 Å². The molecule has 2 atom stereocenters. The first kappa shape index (κ1) is 12.1. The van der Waals surface area contributed by atoms with E-state index < -0.39 is 0 Å². The van der Waals surface area contributed by atoms with Crippen molar-refractivity contribution in [2.75, 3.05) is 6.54 Å². The molecule has 1 aliphatic heterocycles. The summed E-state index contributed by atoms with van der Waals surface area (Å²) in [7, 11) is 0. The number of hydrogen-bond donors (Lipinski definition) is 1. The first-order valence-corrected chi connectivity index (χ1v) is 7.33. The minimum atomic E-state index is -0.374. The largest absolute Gasteiger partial charge is 0.387 e. The third-order valence-corrected chi connectivity index (χ3v) is 4.69. The molecule has 1 aliphatic carbocycles. The highest BCUT2D eigenvalue weighted by molar-refractivity contribution is 5.32. The van der Waals surface area contributed by atoms with E-state index in [9.17, 15) is 5.11 Å². The van der Waals surface area contributed by atoms with Crippen LogP contribution in [0.2, 0.25) is 0 Å². The molecule has 2 heterocycles. The van der Waals surface area contributed by atoms with Gasteiger partial charge in [-0.1, -0.05) is 24.3 Å². The molecule has 2 aromatic rings. The molecule has 104 valence electrons. The molecule has 0 saturated carbocycles. The van der Waals surface area contributed by atoms with Crippen molar-refractivity contribution in [3.8, 4) is 0 Å². The SMILES string of the molecule is OC1c2ccccc2CCC1N1CCn2ccnc2C1. The van der Waals surface area contributed by atoms with Crippen molar-refractivity contribution in [3.63, 3.8) is 0 Å². The van der Waals surface area contributed by atoms with Crippen LogP contribution in [0.1, 0.15) is 29.5 Å². The van der Waals surface area contributed by atoms with Gasteiger partial charge in [0.25, 0.3) is 0 Å². The van der Waals surface area contributed by atoms with Crippen LogP contribution in [0.4, 0.5) is 0 Å². The van der Waals surface area contributed by atoms with Gasteiger partial charge in [0.1, 0.15) is 5.82 Å². The Bertz CT molecular complexity index is 622. The fourth-order valence-corrected chi connectivity index (χ4v) is 3.58. The maximum absolute atomic E-state index is 10.7. The first-order valence-electron chi connectivity index (χ1n) is 7.33. The molecule has 4 rings (SSSR count). The highest BCUT2D eigenvalue weighted by Gasteiger charge is 2.33. The smallest absolute Gasteiger partial charge is 0.122 e. The summed E-state index contributed by atoms with van der Waals surface area (Å²) in [6.07, 6.45) is 5.62. The van der Waals surface area contributed by atoms with E-state index in [-0.39, 0.29) is 12.1 Å². The number of aliphatic hydroxyl groups excluding tert-OH is 1. The molecule has 1 aromatic carbocycles. The van der Waals surface area contributed by atoms with Crippen molar-refractivity contribution in [2.24, 2.45) is 0 Å². The summed E-state index contributed by atoms with van der Waals surface area (Å²) in [4.78, 5) is 6.80.